The van der Waals surface area contributed by atoms with Crippen molar-refractivity contribution >= 4 is 38.4 Å². The molecule has 5 rings (SSSR count). The molecule has 0 atom stereocenters. The van der Waals surface area contributed by atoms with Gasteiger partial charge in [0.05, 0.1) is 11.3 Å². The fourth-order valence-corrected chi connectivity index (χ4v) is 6.52. The standard InChI is InChI=1S/C28H36N6O4S/c1-18-23-17-30-28(32-26(23)34(22-6-4-5-7-22)27(36)25(18)19(2)35)31-24-9-8-21(16-29-24)20-10-12-33(13-11-20)14-15-39(3,37)38/h8-9,16-17,20,22H,4-7,10-15H2,1-3H3,(H,29,30,31,32). The van der Waals surface area contributed by atoms with Crippen molar-refractivity contribution in [1.29, 1.82) is 0 Å². The zero-order chi connectivity index (χ0) is 27.7. The molecule has 1 aliphatic carbocycles. The fraction of sp³-hybridized carbons (Fsp3) is 0.536. The van der Waals surface area contributed by atoms with Gasteiger partial charge in [0.15, 0.2) is 5.78 Å². The number of aromatic nitrogens is 4. The Morgan fingerprint density at radius 2 is 1.79 bits per heavy atom. The highest BCUT2D eigenvalue weighted by atomic mass is 32.2. The number of rotatable bonds is 8. The van der Waals surface area contributed by atoms with E-state index < -0.39 is 9.84 Å². The number of carbonyl (C=O) groups excluding carboxylic acids is 1. The molecule has 0 spiro atoms. The first-order chi connectivity index (χ1) is 18.6. The van der Waals surface area contributed by atoms with Gasteiger partial charge in [-0.1, -0.05) is 18.9 Å². The minimum atomic E-state index is -2.95. The topological polar surface area (TPSA) is 127 Å². The average molecular weight is 553 g/mol. The number of sulfone groups is 1. The number of hydrogen-bond acceptors (Lipinski definition) is 9. The van der Waals surface area contributed by atoms with Crippen LogP contribution < -0.4 is 10.9 Å². The lowest BCUT2D eigenvalue weighted by atomic mass is 9.90. The van der Waals surface area contributed by atoms with Crippen molar-refractivity contribution in [3.63, 3.8) is 0 Å². The maximum Gasteiger partial charge on any atom is 0.263 e. The van der Waals surface area contributed by atoms with Gasteiger partial charge in [-0.15, -0.1) is 0 Å². The molecule has 2 fully saturated rings. The van der Waals surface area contributed by atoms with Gasteiger partial charge in [-0.3, -0.25) is 14.2 Å². The molecule has 1 saturated carbocycles. The first-order valence-electron chi connectivity index (χ1n) is 13.7. The second-order valence-corrected chi connectivity index (χ2v) is 13.2. The largest absolute Gasteiger partial charge is 0.309 e. The molecule has 0 amide bonds. The number of aryl methyl sites for hydroxylation is 1. The third-order valence-corrected chi connectivity index (χ3v) is 9.04. The highest BCUT2D eigenvalue weighted by Crippen LogP contribution is 2.32. The van der Waals surface area contributed by atoms with Crippen molar-refractivity contribution in [1.82, 2.24) is 24.4 Å². The monoisotopic (exact) mass is 552 g/mol. The molecule has 0 unspecified atom stereocenters. The van der Waals surface area contributed by atoms with Crippen molar-refractivity contribution in [2.24, 2.45) is 0 Å². The summed E-state index contributed by atoms with van der Waals surface area (Å²) in [6.07, 6.45) is 10.6. The minimum Gasteiger partial charge on any atom is -0.309 e. The number of hydrogen-bond donors (Lipinski definition) is 1. The third kappa shape index (κ3) is 6.04. The summed E-state index contributed by atoms with van der Waals surface area (Å²) in [5.74, 6) is 1.30. The summed E-state index contributed by atoms with van der Waals surface area (Å²) in [6.45, 7) is 5.55. The summed E-state index contributed by atoms with van der Waals surface area (Å²) in [5, 5.41) is 3.89. The van der Waals surface area contributed by atoms with E-state index in [4.69, 9.17) is 4.98 Å². The Hall–Kier alpha value is -3.18. The average Bonchev–Trinajstić information content (AvgIpc) is 3.42. The van der Waals surface area contributed by atoms with Crippen LogP contribution in [0, 0.1) is 6.92 Å². The summed E-state index contributed by atoms with van der Waals surface area (Å²) < 4.78 is 24.6. The number of anilines is 2. The third-order valence-electron chi connectivity index (χ3n) is 8.11. The molecular formula is C28H36N6O4S. The highest BCUT2D eigenvalue weighted by Gasteiger charge is 2.26. The molecule has 0 bridgehead atoms. The van der Waals surface area contributed by atoms with Gasteiger partial charge in [0.25, 0.3) is 5.56 Å². The van der Waals surface area contributed by atoms with Crippen LogP contribution in [-0.4, -0.2) is 70.3 Å². The first kappa shape index (κ1) is 27.4. The van der Waals surface area contributed by atoms with Gasteiger partial charge in [0, 0.05) is 36.6 Å². The maximum atomic E-state index is 13.4. The summed E-state index contributed by atoms with van der Waals surface area (Å²) >= 11 is 0. The van der Waals surface area contributed by atoms with E-state index >= 15 is 0 Å². The Morgan fingerprint density at radius 1 is 1.08 bits per heavy atom. The molecule has 10 nitrogen and oxygen atoms in total. The Bertz CT molecular complexity index is 1540. The zero-order valence-electron chi connectivity index (χ0n) is 22.8. The van der Waals surface area contributed by atoms with Gasteiger partial charge in [-0.2, -0.15) is 4.98 Å². The molecule has 0 radical (unpaired) electrons. The van der Waals surface area contributed by atoms with E-state index in [-0.39, 0.29) is 28.7 Å². The minimum absolute atomic E-state index is 0.0247. The predicted octanol–water partition coefficient (Wildman–Crippen LogP) is 3.78. The molecule has 208 valence electrons. The zero-order valence-corrected chi connectivity index (χ0v) is 23.6. The number of nitrogens with zero attached hydrogens (tertiary/aromatic N) is 5. The number of piperidine rings is 1. The predicted molar refractivity (Wildman–Crippen MR) is 152 cm³/mol. The van der Waals surface area contributed by atoms with Crippen LogP contribution in [0.2, 0.25) is 0 Å². The highest BCUT2D eigenvalue weighted by molar-refractivity contribution is 7.90. The fourth-order valence-electron chi connectivity index (χ4n) is 5.93. The lowest BCUT2D eigenvalue weighted by Crippen LogP contribution is -2.36. The maximum absolute atomic E-state index is 13.4. The number of pyridine rings is 2. The first-order valence-corrected chi connectivity index (χ1v) is 15.7. The van der Waals surface area contributed by atoms with Crippen LogP contribution in [0.3, 0.4) is 0 Å². The summed E-state index contributed by atoms with van der Waals surface area (Å²) in [5.41, 5.74) is 2.27. The van der Waals surface area contributed by atoms with E-state index in [9.17, 15) is 18.0 Å². The molecular weight excluding hydrogens is 516 g/mol. The Morgan fingerprint density at radius 3 is 2.41 bits per heavy atom. The van der Waals surface area contributed by atoms with E-state index in [0.717, 1.165) is 57.2 Å². The van der Waals surface area contributed by atoms with Gasteiger partial charge in [-0.25, -0.2) is 18.4 Å². The number of likely N-dealkylation sites (tertiary alicyclic amines) is 1. The van der Waals surface area contributed by atoms with Crippen molar-refractivity contribution in [3.8, 4) is 0 Å². The van der Waals surface area contributed by atoms with Crippen molar-refractivity contribution in [3.05, 3.63) is 51.6 Å². The molecule has 11 heteroatoms. The van der Waals surface area contributed by atoms with Gasteiger partial charge >= 0.3 is 0 Å². The van der Waals surface area contributed by atoms with Crippen LogP contribution in [0.5, 0.6) is 0 Å². The van der Waals surface area contributed by atoms with E-state index in [0.29, 0.717) is 40.8 Å². The molecule has 0 aromatic carbocycles. The molecule has 3 aromatic rings. The van der Waals surface area contributed by atoms with Crippen LogP contribution >= 0.6 is 0 Å². The van der Waals surface area contributed by atoms with Gasteiger partial charge in [0.2, 0.25) is 5.95 Å². The van der Waals surface area contributed by atoms with E-state index in [1.165, 1.54) is 13.2 Å². The number of Topliss-reactive ketones (excluding diaryl/α,β-unsaturated/α-hetero) is 1. The normalized spacial score (nSPS) is 17.6. The quantitative estimate of drug-likeness (QED) is 0.415. The molecule has 1 aliphatic heterocycles. The molecule has 2 aliphatic rings. The van der Waals surface area contributed by atoms with E-state index in [1.54, 1.807) is 17.7 Å². The lowest BCUT2D eigenvalue weighted by molar-refractivity contribution is 0.101. The molecule has 1 saturated heterocycles. The molecule has 1 N–H and O–H groups in total. The Labute approximate surface area is 228 Å². The van der Waals surface area contributed by atoms with Gasteiger partial charge < -0.3 is 10.2 Å². The van der Waals surface area contributed by atoms with Crippen LogP contribution in [0.4, 0.5) is 11.8 Å². The number of fused-ring (bicyclic) bond motifs is 1. The van der Waals surface area contributed by atoms with Crippen LogP contribution in [0.1, 0.15) is 78.9 Å². The second-order valence-electron chi connectivity index (χ2n) is 10.9. The molecule has 3 aromatic heterocycles. The van der Waals surface area contributed by atoms with E-state index in [1.807, 2.05) is 12.3 Å². The van der Waals surface area contributed by atoms with Gasteiger partial charge in [-0.05, 0) is 75.7 Å². The van der Waals surface area contributed by atoms with Crippen molar-refractivity contribution < 1.29 is 13.2 Å². The summed E-state index contributed by atoms with van der Waals surface area (Å²) in [4.78, 5) is 41.8. The molecule has 4 heterocycles. The Balaban J connectivity index is 1.34. The molecule has 39 heavy (non-hydrogen) atoms. The van der Waals surface area contributed by atoms with Crippen LogP contribution in [0.25, 0.3) is 11.0 Å². The van der Waals surface area contributed by atoms with Crippen molar-refractivity contribution in [2.75, 3.05) is 37.0 Å². The summed E-state index contributed by atoms with van der Waals surface area (Å²) in [7, 11) is -2.95. The van der Waals surface area contributed by atoms with Crippen molar-refractivity contribution in [2.45, 2.75) is 64.3 Å². The summed E-state index contributed by atoms with van der Waals surface area (Å²) in [6, 6.07) is 3.99. The SMILES string of the molecule is CC(=O)c1c(C)c2cnc(Nc3ccc(C4CCN(CCS(C)(=O)=O)CC4)cn3)nc2n(C2CCCC2)c1=O. The number of ketones is 1. The Kier molecular flexibility index (Phi) is 7.82. The number of carbonyl (C=O) groups is 1. The second kappa shape index (κ2) is 11.1. The van der Waals surface area contributed by atoms with Crippen LogP contribution in [-0.2, 0) is 9.84 Å². The lowest BCUT2D eigenvalue weighted by Gasteiger charge is -2.31. The number of nitrogens with one attached hydrogen (secondary N) is 1. The van der Waals surface area contributed by atoms with Crippen LogP contribution in [0.15, 0.2) is 29.3 Å². The smallest absolute Gasteiger partial charge is 0.263 e. The van der Waals surface area contributed by atoms with E-state index in [2.05, 4.69) is 26.3 Å². The van der Waals surface area contributed by atoms with Gasteiger partial charge in [0.1, 0.15) is 21.3 Å².